The van der Waals surface area contributed by atoms with Crippen molar-refractivity contribution < 1.29 is 35.8 Å². The standard InChI is InChI=1S/C48H55ClN8O7S/c1-48(2)16-12-35(40(29-48)33-4-6-36(49)7-5-33)31-54-19-21-55(22-20-54)37-8-10-39(42(27-37)56-18-3-23-64-47-44(56)26-34-13-17-50-45(34)52-47)46(58)53-65(61,62)38-9-11-41(43(28-38)57(59)60)51-30-32-14-24-63-25-15-32/h4-11,13,17,26-28,32,51H,3,12,14-16,18-25,29-31H2,1-2H3,(H,50,52)(H,53,58)/i3D2,18D2,23D2. The third-order valence-electron chi connectivity index (χ3n) is 12.7. The van der Waals surface area contributed by atoms with Gasteiger partial charge in [0.1, 0.15) is 17.0 Å². The van der Waals surface area contributed by atoms with Crippen molar-refractivity contribution in [3.05, 3.63) is 111 Å². The van der Waals surface area contributed by atoms with Crippen molar-refractivity contribution in [2.24, 2.45) is 11.3 Å². The monoisotopic (exact) mass is 928 g/mol. The Balaban J connectivity index is 1.06. The lowest BCUT2D eigenvalue weighted by Crippen LogP contribution is -2.47. The minimum atomic E-state index is -4.86. The predicted octanol–water partition coefficient (Wildman–Crippen LogP) is 8.79. The van der Waals surface area contributed by atoms with Crippen LogP contribution in [0.4, 0.5) is 28.4 Å². The predicted molar refractivity (Wildman–Crippen MR) is 254 cm³/mol. The van der Waals surface area contributed by atoms with E-state index in [-0.39, 0.29) is 34.0 Å². The highest BCUT2D eigenvalue weighted by Gasteiger charge is 2.32. The van der Waals surface area contributed by atoms with Gasteiger partial charge in [-0.15, -0.1) is 0 Å². The molecule has 0 bridgehead atoms. The molecule has 4 aliphatic rings. The molecule has 2 fully saturated rings. The van der Waals surface area contributed by atoms with Crippen molar-refractivity contribution in [1.82, 2.24) is 19.6 Å². The zero-order chi connectivity index (χ0) is 50.7. The molecule has 3 aromatic carbocycles. The van der Waals surface area contributed by atoms with Crippen LogP contribution in [0.5, 0.6) is 5.88 Å². The number of hydrogen-bond donors (Lipinski definition) is 3. The van der Waals surface area contributed by atoms with Gasteiger partial charge < -0.3 is 29.6 Å². The van der Waals surface area contributed by atoms with Gasteiger partial charge in [0.25, 0.3) is 21.6 Å². The number of benzene rings is 3. The minimum absolute atomic E-state index is 0.0897. The number of nitro benzene ring substituents is 1. The molecule has 0 saturated carbocycles. The number of nitrogens with one attached hydrogen (secondary N) is 3. The van der Waals surface area contributed by atoms with Gasteiger partial charge in [0.2, 0.25) is 5.88 Å². The van der Waals surface area contributed by atoms with Crippen LogP contribution in [0, 0.1) is 21.4 Å². The van der Waals surface area contributed by atoms with Gasteiger partial charge in [0, 0.05) is 92.8 Å². The van der Waals surface area contributed by atoms with Crippen molar-refractivity contribution in [1.29, 1.82) is 0 Å². The number of pyridine rings is 1. The van der Waals surface area contributed by atoms with E-state index in [1.54, 1.807) is 18.3 Å². The number of H-pyrrole nitrogens is 1. The fourth-order valence-corrected chi connectivity index (χ4v) is 10.1. The number of halogens is 1. The summed E-state index contributed by atoms with van der Waals surface area (Å²) in [6.45, 7) is 2.42. The number of fused-ring (bicyclic) bond motifs is 2. The molecule has 5 aromatic rings. The number of anilines is 4. The molecule has 2 saturated heterocycles. The number of allylic oxidation sites excluding steroid dienone is 1. The Morgan fingerprint density at radius 3 is 2.58 bits per heavy atom. The number of ether oxygens (including phenoxy) is 2. The van der Waals surface area contributed by atoms with Crippen LogP contribution >= 0.6 is 11.6 Å². The second-order valence-corrected chi connectivity index (χ2v) is 19.8. The molecule has 0 unspecified atom stereocenters. The molecular weight excluding hydrogens is 868 g/mol. The molecule has 17 heteroatoms. The number of rotatable bonds is 12. The zero-order valence-electron chi connectivity index (χ0n) is 42.2. The van der Waals surface area contributed by atoms with Gasteiger partial charge in [-0.05, 0) is 116 Å². The van der Waals surface area contributed by atoms with Crippen LogP contribution in [0.1, 0.15) is 76.5 Å². The third-order valence-corrected chi connectivity index (χ3v) is 14.3. The number of carbonyl (C=O) groups is 1. The van der Waals surface area contributed by atoms with Crippen molar-refractivity contribution in [2.75, 3.05) is 80.7 Å². The van der Waals surface area contributed by atoms with Crippen LogP contribution in [0.3, 0.4) is 0 Å². The van der Waals surface area contributed by atoms with Gasteiger partial charge in [-0.3, -0.25) is 19.8 Å². The van der Waals surface area contributed by atoms with E-state index in [0.29, 0.717) is 62.0 Å². The van der Waals surface area contributed by atoms with Gasteiger partial charge in [-0.25, -0.2) is 13.1 Å². The highest BCUT2D eigenvalue weighted by atomic mass is 35.5. The van der Waals surface area contributed by atoms with E-state index in [1.807, 2.05) is 21.8 Å². The first-order valence-corrected chi connectivity index (χ1v) is 23.6. The summed E-state index contributed by atoms with van der Waals surface area (Å²) in [4.78, 5) is 38.0. The Labute approximate surface area is 392 Å². The summed E-state index contributed by atoms with van der Waals surface area (Å²) in [6, 6.07) is 18.6. The quantitative estimate of drug-likeness (QED) is 0.0803. The van der Waals surface area contributed by atoms with E-state index in [0.717, 1.165) is 61.2 Å². The maximum Gasteiger partial charge on any atom is 0.293 e. The fourth-order valence-electron chi connectivity index (χ4n) is 9.00. The van der Waals surface area contributed by atoms with Gasteiger partial charge in [0.15, 0.2) is 0 Å². The van der Waals surface area contributed by atoms with E-state index in [2.05, 4.69) is 46.2 Å². The first-order chi connectivity index (χ1) is 33.5. The molecule has 0 atom stereocenters. The molecule has 0 spiro atoms. The smallest absolute Gasteiger partial charge is 0.293 e. The molecule has 9 rings (SSSR count). The molecule has 0 radical (unpaired) electrons. The maximum absolute atomic E-state index is 14.6. The van der Waals surface area contributed by atoms with Crippen LogP contribution in [0.25, 0.3) is 16.6 Å². The number of carbonyl (C=O) groups excluding carboxylic acids is 1. The van der Waals surface area contributed by atoms with Crippen LogP contribution in [0.15, 0.2) is 89.5 Å². The molecule has 65 heavy (non-hydrogen) atoms. The number of amides is 1. The molecule has 1 aliphatic carbocycles. The Morgan fingerprint density at radius 2 is 1.82 bits per heavy atom. The Bertz CT molecular complexity index is 3020. The van der Waals surface area contributed by atoms with Crippen molar-refractivity contribution in [2.45, 2.75) is 57.2 Å². The Hall–Kier alpha value is -5.68. The van der Waals surface area contributed by atoms with Crippen LogP contribution in [0.2, 0.25) is 5.02 Å². The maximum atomic E-state index is 14.6. The largest absolute Gasteiger partial charge is 0.476 e. The topological polar surface area (TPSA) is 175 Å². The first-order valence-electron chi connectivity index (χ1n) is 24.8. The van der Waals surface area contributed by atoms with E-state index in [1.165, 1.54) is 35.4 Å². The lowest BCUT2D eigenvalue weighted by molar-refractivity contribution is -0.384. The highest BCUT2D eigenvalue weighted by molar-refractivity contribution is 7.90. The van der Waals surface area contributed by atoms with Gasteiger partial charge in [-0.2, -0.15) is 4.98 Å². The average molecular weight is 930 g/mol. The summed E-state index contributed by atoms with van der Waals surface area (Å²) in [5, 5.41) is 16.4. The van der Waals surface area contributed by atoms with E-state index >= 15 is 0 Å². The summed E-state index contributed by atoms with van der Waals surface area (Å²) in [6.07, 6.45) is 2.52. The molecule has 1 amide bonds. The minimum Gasteiger partial charge on any atom is -0.476 e. The van der Waals surface area contributed by atoms with E-state index in [4.69, 9.17) is 26.6 Å². The van der Waals surface area contributed by atoms with Crippen molar-refractivity contribution in [3.8, 4) is 5.88 Å². The van der Waals surface area contributed by atoms with Crippen LogP contribution < -0.4 is 24.6 Å². The van der Waals surface area contributed by atoms with Crippen LogP contribution in [-0.2, 0) is 14.8 Å². The molecular formula is C48H55ClN8O7S. The second kappa shape index (κ2) is 18.7. The first kappa shape index (κ1) is 37.5. The fraction of sp³-hybridized carbons (Fsp3) is 0.417. The molecule has 2 aromatic heterocycles. The lowest BCUT2D eigenvalue weighted by Gasteiger charge is -2.39. The Kier molecular flexibility index (Phi) is 10.8. The normalized spacial score (nSPS) is 22.2. The average Bonchev–Trinajstić information content (AvgIpc) is 3.77. The number of nitrogens with zero attached hydrogens (tertiary/aromatic N) is 5. The van der Waals surface area contributed by atoms with Gasteiger partial charge in [0.05, 0.1) is 30.4 Å². The van der Waals surface area contributed by atoms with E-state index < -0.39 is 62.3 Å². The third kappa shape index (κ3) is 9.95. The lowest BCUT2D eigenvalue weighted by atomic mass is 9.72. The molecule has 3 aliphatic heterocycles. The zero-order valence-corrected chi connectivity index (χ0v) is 37.7. The van der Waals surface area contributed by atoms with Crippen molar-refractivity contribution >= 4 is 72.6 Å². The number of nitro groups is 1. The molecule has 342 valence electrons. The number of piperazine rings is 1. The summed E-state index contributed by atoms with van der Waals surface area (Å²) in [5.41, 5.74) is 3.23. The number of aromatic nitrogens is 2. The summed E-state index contributed by atoms with van der Waals surface area (Å²) in [7, 11) is -4.86. The van der Waals surface area contributed by atoms with Gasteiger partial charge in [-0.1, -0.05) is 43.2 Å². The molecule has 15 nitrogen and oxygen atoms in total. The molecule has 5 heterocycles. The summed E-state index contributed by atoms with van der Waals surface area (Å²) in [5.74, 6) is -1.58. The van der Waals surface area contributed by atoms with Gasteiger partial charge >= 0.3 is 0 Å². The summed E-state index contributed by atoms with van der Waals surface area (Å²) < 4.78 is 95.3. The molecule has 3 N–H and O–H groups in total. The number of sulfonamides is 1. The van der Waals surface area contributed by atoms with Crippen LogP contribution in [-0.4, -0.2) is 99.7 Å². The van der Waals surface area contributed by atoms with Crippen molar-refractivity contribution in [3.63, 3.8) is 0 Å². The number of aromatic amines is 1. The Morgan fingerprint density at radius 1 is 1.03 bits per heavy atom. The van der Waals surface area contributed by atoms with E-state index in [9.17, 15) is 26.1 Å². The number of hydrogen-bond acceptors (Lipinski definition) is 12. The highest BCUT2D eigenvalue weighted by Crippen LogP contribution is 2.44. The SMILES string of the molecule is [2H]C1([2H])Oc2nc3[nH]ccc3cc2N(c2cc(N3CCN(CC4=C(c5ccc(Cl)cc5)CC(C)(C)CC4)CC3)ccc2C(=O)NS(=O)(=O)c2ccc(NCC3CCOCC3)c([N+](=O)[O-])c2)C([2H])([2H])C1([2H])[2H]. The second-order valence-electron chi connectivity index (χ2n) is 17.7. The summed E-state index contributed by atoms with van der Waals surface area (Å²) >= 11 is 6.26.